The van der Waals surface area contributed by atoms with E-state index in [2.05, 4.69) is 5.32 Å². The summed E-state index contributed by atoms with van der Waals surface area (Å²) in [7, 11) is 0. The number of thioether (sulfide) groups is 1. The zero-order valence-electron chi connectivity index (χ0n) is 14.9. The molecule has 1 atom stereocenters. The van der Waals surface area contributed by atoms with Gasteiger partial charge < -0.3 is 10.1 Å². The third-order valence-electron chi connectivity index (χ3n) is 4.41. The molecule has 0 radical (unpaired) electrons. The molecule has 0 heterocycles. The fraction of sp³-hybridized carbons (Fsp3) is 0.300. The molecule has 1 N–H and O–H groups in total. The van der Waals surface area contributed by atoms with Gasteiger partial charge in [-0.2, -0.15) is 8.78 Å². The first-order chi connectivity index (χ1) is 12.8. The number of hydrogen-bond acceptors (Lipinski definition) is 4. The van der Waals surface area contributed by atoms with Gasteiger partial charge in [0.2, 0.25) is 0 Å². The zero-order valence-corrected chi connectivity index (χ0v) is 15.7. The predicted molar refractivity (Wildman–Crippen MR) is 101 cm³/mol. The van der Waals surface area contributed by atoms with Crippen molar-refractivity contribution < 1.29 is 23.1 Å². The Hall–Kier alpha value is -2.41. The Kier molecular flexibility index (Phi) is 5.79. The second-order valence-electron chi connectivity index (χ2n) is 6.44. The maximum absolute atomic E-state index is 12.3. The lowest BCUT2D eigenvalue weighted by Crippen LogP contribution is -2.20. The van der Waals surface area contributed by atoms with Gasteiger partial charge in [-0.1, -0.05) is 24.8 Å². The van der Waals surface area contributed by atoms with Crippen LogP contribution in [0.5, 0.6) is 5.75 Å². The second kappa shape index (κ2) is 8.08. The minimum absolute atomic E-state index is 0.0312. The van der Waals surface area contributed by atoms with E-state index in [0.717, 1.165) is 11.1 Å². The van der Waals surface area contributed by atoms with Crippen molar-refractivity contribution in [3.63, 3.8) is 0 Å². The van der Waals surface area contributed by atoms with E-state index in [9.17, 15) is 18.4 Å². The van der Waals surface area contributed by atoms with Crippen molar-refractivity contribution in [2.75, 3.05) is 11.9 Å². The number of nitrogens with one attached hydrogen (secondary N) is 1. The molecule has 0 bridgehead atoms. The molecule has 1 unspecified atom stereocenters. The van der Waals surface area contributed by atoms with Gasteiger partial charge in [0, 0.05) is 17.0 Å². The van der Waals surface area contributed by atoms with E-state index in [1.165, 1.54) is 12.1 Å². The summed E-state index contributed by atoms with van der Waals surface area (Å²) >= 11 is 0.444. The summed E-state index contributed by atoms with van der Waals surface area (Å²) in [6.45, 7) is 3.72. The number of ketones is 1. The molecule has 2 aromatic rings. The summed E-state index contributed by atoms with van der Waals surface area (Å²) in [5, 5.41) is 2.65. The molecule has 142 valence electrons. The molecule has 4 nitrogen and oxygen atoms in total. The first kappa shape index (κ1) is 19.4. The summed E-state index contributed by atoms with van der Waals surface area (Å²) in [5.41, 5.74) is 3.09. The van der Waals surface area contributed by atoms with E-state index >= 15 is 0 Å². The maximum atomic E-state index is 12.3. The van der Waals surface area contributed by atoms with Gasteiger partial charge in [-0.25, -0.2) is 0 Å². The van der Waals surface area contributed by atoms with Gasteiger partial charge in [-0.05, 0) is 54.3 Å². The molecular formula is C20H19F2NO3S. The van der Waals surface area contributed by atoms with Gasteiger partial charge in [0.05, 0.1) is 5.56 Å². The molecule has 2 aromatic carbocycles. The number of hydrogen-bond donors (Lipinski definition) is 1. The smallest absolute Gasteiger partial charge is 0.288 e. The van der Waals surface area contributed by atoms with Crippen LogP contribution in [0.25, 0.3) is 0 Å². The Morgan fingerprint density at radius 1 is 1.26 bits per heavy atom. The lowest BCUT2D eigenvalue weighted by Gasteiger charge is -2.13. The Labute approximate surface area is 160 Å². The first-order valence-electron chi connectivity index (χ1n) is 8.49. The third-order valence-corrected chi connectivity index (χ3v) is 5.13. The average molecular weight is 391 g/mol. The van der Waals surface area contributed by atoms with Gasteiger partial charge in [0.1, 0.15) is 5.75 Å². The Morgan fingerprint density at radius 3 is 2.63 bits per heavy atom. The Bertz CT molecular complexity index is 868. The number of rotatable bonds is 6. The fourth-order valence-corrected chi connectivity index (χ4v) is 3.79. The van der Waals surface area contributed by atoms with Crippen molar-refractivity contribution in [2.45, 2.75) is 36.8 Å². The summed E-state index contributed by atoms with van der Waals surface area (Å²) in [4.78, 5) is 24.8. The van der Waals surface area contributed by atoms with Crippen molar-refractivity contribution in [1.82, 2.24) is 0 Å². The number of alkyl halides is 2. The highest BCUT2D eigenvalue weighted by Crippen LogP contribution is 2.40. The quantitative estimate of drug-likeness (QED) is 0.703. The minimum atomic E-state index is -2.49. The summed E-state index contributed by atoms with van der Waals surface area (Å²) in [5.74, 6) is -2.28. The largest absolute Gasteiger partial charge is 0.483 e. The zero-order chi connectivity index (χ0) is 19.6. The predicted octanol–water partition coefficient (Wildman–Crippen LogP) is 5.02. The highest BCUT2D eigenvalue weighted by molar-refractivity contribution is 7.99. The van der Waals surface area contributed by atoms with Crippen LogP contribution in [0.2, 0.25) is 0 Å². The van der Waals surface area contributed by atoms with Crippen molar-refractivity contribution in [2.24, 2.45) is 0 Å². The van der Waals surface area contributed by atoms with E-state index in [-0.39, 0.29) is 18.3 Å². The van der Waals surface area contributed by atoms with Crippen molar-refractivity contribution in [1.29, 1.82) is 0 Å². The standard InChI is InChI=1S/C20H19F2NO3S/c1-11-3-8-16(19-15(24)9-12(2)18(11)19)26-10-17(25)23-13-4-6-14(7-5-13)27-20(21)22/h3-8,12,20H,9-10H2,1-2H3,(H,23,25). The molecule has 0 aliphatic heterocycles. The van der Waals surface area contributed by atoms with Gasteiger partial charge in [-0.15, -0.1) is 0 Å². The molecule has 7 heteroatoms. The number of benzene rings is 2. The van der Waals surface area contributed by atoms with Crippen molar-refractivity contribution >= 4 is 29.1 Å². The number of carbonyl (C=O) groups excluding carboxylic acids is 2. The van der Waals surface area contributed by atoms with Crippen LogP contribution in [0.4, 0.5) is 14.5 Å². The van der Waals surface area contributed by atoms with Crippen LogP contribution in [-0.2, 0) is 4.79 Å². The van der Waals surface area contributed by atoms with Gasteiger partial charge >= 0.3 is 0 Å². The number of fused-ring (bicyclic) bond motifs is 1. The summed E-state index contributed by atoms with van der Waals surface area (Å²) in [6.07, 6.45) is 0.450. The lowest BCUT2D eigenvalue weighted by molar-refractivity contribution is -0.118. The van der Waals surface area contributed by atoms with Crippen molar-refractivity contribution in [3.05, 3.63) is 53.1 Å². The second-order valence-corrected chi connectivity index (χ2v) is 7.50. The number of anilines is 1. The van der Waals surface area contributed by atoms with Crippen LogP contribution in [0.1, 0.15) is 40.7 Å². The van der Waals surface area contributed by atoms with Gasteiger partial charge in [0.15, 0.2) is 12.4 Å². The summed E-state index contributed by atoms with van der Waals surface area (Å²) in [6, 6.07) is 9.74. The van der Waals surface area contributed by atoms with Crippen LogP contribution >= 0.6 is 11.8 Å². The monoisotopic (exact) mass is 391 g/mol. The van der Waals surface area contributed by atoms with Gasteiger partial charge in [-0.3, -0.25) is 9.59 Å². The van der Waals surface area contributed by atoms with E-state index < -0.39 is 11.7 Å². The molecule has 0 aromatic heterocycles. The van der Waals surface area contributed by atoms with Crippen molar-refractivity contribution in [3.8, 4) is 5.75 Å². The topological polar surface area (TPSA) is 55.4 Å². The van der Waals surface area contributed by atoms with Gasteiger partial charge in [0.25, 0.3) is 11.7 Å². The Balaban J connectivity index is 1.63. The van der Waals surface area contributed by atoms with E-state index in [1.54, 1.807) is 18.2 Å². The number of carbonyl (C=O) groups is 2. The molecule has 1 amide bonds. The highest BCUT2D eigenvalue weighted by atomic mass is 32.2. The third kappa shape index (κ3) is 4.47. The average Bonchev–Trinajstić information content (AvgIpc) is 2.91. The minimum Gasteiger partial charge on any atom is -0.483 e. The number of aryl methyl sites for hydroxylation is 1. The SMILES string of the molecule is Cc1ccc(OCC(=O)Nc2ccc(SC(F)F)cc2)c2c1C(C)CC2=O. The number of ether oxygens (including phenoxy) is 1. The van der Waals surface area contributed by atoms with Crippen LogP contribution in [0.15, 0.2) is 41.3 Å². The fourth-order valence-electron chi connectivity index (χ4n) is 3.29. The molecule has 3 rings (SSSR count). The number of amides is 1. The first-order valence-corrected chi connectivity index (χ1v) is 9.37. The summed E-state index contributed by atoms with van der Waals surface area (Å²) < 4.78 is 30.2. The lowest BCUT2D eigenvalue weighted by atomic mass is 9.97. The van der Waals surface area contributed by atoms with E-state index in [4.69, 9.17) is 4.74 Å². The molecule has 0 fully saturated rings. The Morgan fingerprint density at radius 2 is 1.96 bits per heavy atom. The number of Topliss-reactive ketones (excluding diaryl/α,β-unsaturated/α-hetero) is 1. The maximum Gasteiger partial charge on any atom is 0.288 e. The highest BCUT2D eigenvalue weighted by Gasteiger charge is 2.31. The van der Waals surface area contributed by atoms with E-state index in [1.807, 2.05) is 19.9 Å². The molecule has 1 aliphatic carbocycles. The molecule has 1 aliphatic rings. The molecule has 0 spiro atoms. The molecular weight excluding hydrogens is 372 g/mol. The van der Waals surface area contributed by atoms with Crippen LogP contribution < -0.4 is 10.1 Å². The molecule has 0 saturated heterocycles. The van der Waals surface area contributed by atoms with Crippen LogP contribution in [0, 0.1) is 6.92 Å². The van der Waals surface area contributed by atoms with Crippen LogP contribution in [-0.4, -0.2) is 24.1 Å². The molecule has 27 heavy (non-hydrogen) atoms. The number of halogens is 2. The van der Waals surface area contributed by atoms with Crippen LogP contribution in [0.3, 0.4) is 0 Å². The molecule has 0 saturated carbocycles. The normalized spacial score (nSPS) is 15.7. The van der Waals surface area contributed by atoms with E-state index in [0.29, 0.717) is 40.1 Å².